The highest BCUT2D eigenvalue weighted by atomic mass is 16.4. The number of aromatic amines is 4. The minimum atomic E-state index is -0.970. The van der Waals surface area contributed by atoms with E-state index >= 15 is 0 Å². The van der Waals surface area contributed by atoms with Crippen LogP contribution >= 0.6 is 0 Å². The molecule has 0 fully saturated rings. The zero-order valence-corrected chi connectivity index (χ0v) is 27.1. The van der Waals surface area contributed by atoms with Gasteiger partial charge in [0.15, 0.2) is 0 Å². The molecule has 244 valence electrons. The van der Waals surface area contributed by atoms with Gasteiger partial charge >= 0.3 is 5.97 Å². The van der Waals surface area contributed by atoms with Crippen LogP contribution in [0.3, 0.4) is 0 Å². The number of benzene rings is 1. The zero-order valence-electron chi connectivity index (χ0n) is 27.1. The third-order valence-electron chi connectivity index (χ3n) is 9.23. The Kier molecular flexibility index (Phi) is 7.21. The highest BCUT2D eigenvalue weighted by Gasteiger charge is 2.18. The molecule has 1 aliphatic heterocycles. The average molecular weight is 664 g/mol. The number of rotatable bonds is 5. The second kappa shape index (κ2) is 12.3. The van der Waals surface area contributed by atoms with Crippen molar-refractivity contribution in [3.05, 3.63) is 218 Å². The molecule has 0 spiro atoms. The molecule has 8 bridgehead atoms. The Morgan fingerprint density at radius 3 is 0.961 bits per heavy atom. The van der Waals surface area contributed by atoms with Crippen molar-refractivity contribution in [3.8, 4) is 0 Å². The number of H-pyrrole nitrogens is 4. The van der Waals surface area contributed by atoms with Gasteiger partial charge in [0.05, 0.1) is 5.56 Å². The standard InChI is InChI=1S/C42H29N7O2/c50-42(51)29-3-1-25(2-4-29)38-30-5-7-32(46-30)39(26-13-19-43-20-14-26)34-9-11-36(48-34)41(28-17-23-45-24-18-28)37-12-10-35(49-37)40(27-15-21-44-22-16-27)33-8-6-31(38)47-33/h1-24,46-49H,(H,50,51). The number of carbonyl (C=O) groups is 1. The number of hydrogen-bond donors (Lipinski definition) is 5. The monoisotopic (exact) mass is 663 g/mol. The maximum Gasteiger partial charge on any atom is 0.335 e. The molecule has 0 unspecified atom stereocenters. The van der Waals surface area contributed by atoms with Crippen LogP contribution in [0.5, 0.6) is 0 Å². The number of fused-ring (bicyclic) bond motifs is 8. The van der Waals surface area contributed by atoms with E-state index in [1.165, 1.54) is 0 Å². The van der Waals surface area contributed by atoms with E-state index in [0.29, 0.717) is 0 Å². The maximum absolute atomic E-state index is 11.8. The molecule has 7 aromatic heterocycles. The fourth-order valence-corrected chi connectivity index (χ4v) is 6.91. The Morgan fingerprint density at radius 1 is 0.373 bits per heavy atom. The molecular formula is C42H29N7O2. The van der Waals surface area contributed by atoms with Crippen LogP contribution in [0.25, 0.3) is 22.3 Å². The van der Waals surface area contributed by atoms with Gasteiger partial charge in [-0.3, -0.25) is 15.0 Å². The molecule has 0 atom stereocenters. The summed E-state index contributed by atoms with van der Waals surface area (Å²) >= 11 is 0. The van der Waals surface area contributed by atoms with Crippen molar-refractivity contribution in [3.63, 3.8) is 0 Å². The van der Waals surface area contributed by atoms with E-state index in [4.69, 9.17) is 0 Å². The molecule has 9 heteroatoms. The number of carboxylic acid groups (broad SMARTS) is 1. The lowest BCUT2D eigenvalue weighted by Crippen LogP contribution is -2.19. The lowest BCUT2D eigenvalue weighted by molar-refractivity contribution is 0.0697. The number of aromatic carboxylic acids is 1. The molecule has 1 aliphatic rings. The molecule has 8 heterocycles. The molecule has 9 nitrogen and oxygen atoms in total. The Bertz CT molecular complexity index is 2810. The van der Waals surface area contributed by atoms with Gasteiger partial charge in [-0.2, -0.15) is 0 Å². The first-order valence-electron chi connectivity index (χ1n) is 16.4. The van der Waals surface area contributed by atoms with Gasteiger partial charge in [0.1, 0.15) is 0 Å². The molecule has 0 saturated heterocycles. The highest BCUT2D eigenvalue weighted by molar-refractivity contribution is 5.89. The number of nitrogens with zero attached hydrogens (tertiary/aromatic N) is 3. The number of pyridine rings is 3. The first kappa shape index (κ1) is 29.8. The van der Waals surface area contributed by atoms with E-state index in [2.05, 4.69) is 83.4 Å². The van der Waals surface area contributed by atoms with Crippen molar-refractivity contribution < 1.29 is 9.90 Å². The van der Waals surface area contributed by atoms with Crippen LogP contribution in [-0.4, -0.2) is 46.0 Å². The Hall–Kier alpha value is -7.26. The van der Waals surface area contributed by atoms with Crippen LogP contribution in [0, 0.1) is 0 Å². The maximum atomic E-state index is 11.8. The van der Waals surface area contributed by atoms with Gasteiger partial charge in [-0.1, -0.05) is 12.1 Å². The first-order valence-corrected chi connectivity index (χ1v) is 16.4. The van der Waals surface area contributed by atoms with Crippen molar-refractivity contribution >= 4 is 28.3 Å². The van der Waals surface area contributed by atoms with Crippen LogP contribution in [0.2, 0.25) is 0 Å². The van der Waals surface area contributed by atoms with Gasteiger partial charge in [0.25, 0.3) is 0 Å². The summed E-state index contributed by atoms with van der Waals surface area (Å²) in [6.45, 7) is 0. The van der Waals surface area contributed by atoms with Crippen molar-refractivity contribution in [1.29, 1.82) is 0 Å². The van der Waals surface area contributed by atoms with E-state index in [1.807, 2.05) is 60.9 Å². The van der Waals surface area contributed by atoms with Gasteiger partial charge < -0.3 is 25.0 Å². The smallest absolute Gasteiger partial charge is 0.335 e. The van der Waals surface area contributed by atoms with Crippen molar-refractivity contribution in [2.75, 3.05) is 0 Å². The fourth-order valence-electron chi connectivity index (χ4n) is 6.91. The Morgan fingerprint density at radius 2 is 0.667 bits per heavy atom. The lowest BCUT2D eigenvalue weighted by Gasteiger charge is -2.09. The molecule has 0 radical (unpaired) electrons. The van der Waals surface area contributed by atoms with Crippen molar-refractivity contribution in [1.82, 2.24) is 34.9 Å². The first-order chi connectivity index (χ1) is 25.1. The molecule has 0 aliphatic carbocycles. The van der Waals surface area contributed by atoms with Crippen molar-refractivity contribution in [2.24, 2.45) is 0 Å². The third kappa shape index (κ3) is 5.39. The summed E-state index contributed by atoms with van der Waals surface area (Å²) < 4.78 is 0. The topological polar surface area (TPSA) is 139 Å². The summed E-state index contributed by atoms with van der Waals surface area (Å²) in [5, 5.41) is 13.3. The van der Waals surface area contributed by atoms with Gasteiger partial charge in [-0.05, 0) is 119 Å². The average Bonchev–Trinajstić information content (AvgIpc) is 4.01. The molecule has 1 aromatic carbocycles. The van der Waals surface area contributed by atoms with E-state index in [0.717, 1.165) is 88.7 Å². The summed E-state index contributed by atoms with van der Waals surface area (Å²) in [7, 11) is 0. The summed E-state index contributed by atoms with van der Waals surface area (Å²) in [6, 6.07) is 35.8. The summed E-state index contributed by atoms with van der Waals surface area (Å²) in [4.78, 5) is 39.6. The zero-order chi connectivity index (χ0) is 34.3. The van der Waals surface area contributed by atoms with Crippen LogP contribution in [0.4, 0.5) is 0 Å². The van der Waals surface area contributed by atoms with Gasteiger partial charge in [-0.25, -0.2) is 4.79 Å². The normalized spacial score (nSPS) is 12.7. The lowest BCUT2D eigenvalue weighted by atomic mass is 10.0. The number of carboxylic acids is 1. The minimum absolute atomic E-state index is 0.224. The summed E-state index contributed by atoms with van der Waals surface area (Å²) in [5.41, 5.74) is 11.6. The second-order valence-electron chi connectivity index (χ2n) is 12.2. The highest BCUT2D eigenvalue weighted by Crippen LogP contribution is 2.27. The minimum Gasteiger partial charge on any atom is -0.478 e. The molecule has 5 N–H and O–H groups in total. The van der Waals surface area contributed by atoms with E-state index in [1.54, 1.807) is 36.9 Å². The van der Waals surface area contributed by atoms with E-state index < -0.39 is 5.97 Å². The number of aromatic nitrogens is 7. The predicted molar refractivity (Wildman–Crippen MR) is 194 cm³/mol. The van der Waals surface area contributed by atoms with Gasteiger partial charge in [0.2, 0.25) is 0 Å². The molecule has 8 aromatic rings. The van der Waals surface area contributed by atoms with Gasteiger partial charge in [-0.15, -0.1) is 0 Å². The second-order valence-corrected chi connectivity index (χ2v) is 12.2. The molecule has 51 heavy (non-hydrogen) atoms. The predicted octanol–water partition coefficient (Wildman–Crippen LogP) is 4.18. The van der Waals surface area contributed by atoms with Gasteiger partial charge in [0, 0.05) is 104 Å². The van der Waals surface area contributed by atoms with Crippen LogP contribution in [0.15, 0.2) is 146 Å². The van der Waals surface area contributed by atoms with E-state index in [9.17, 15) is 9.90 Å². The Balaban J connectivity index is 1.42. The molecular weight excluding hydrogens is 635 g/mol. The largest absolute Gasteiger partial charge is 0.478 e. The number of hydrogen-bond acceptors (Lipinski definition) is 4. The van der Waals surface area contributed by atoms with E-state index in [-0.39, 0.29) is 5.56 Å². The molecule has 0 amide bonds. The molecule has 9 rings (SSSR count). The van der Waals surface area contributed by atoms with Crippen LogP contribution in [0.1, 0.15) is 55.4 Å². The summed E-state index contributed by atoms with van der Waals surface area (Å²) in [5.74, 6) is -0.970. The van der Waals surface area contributed by atoms with Crippen LogP contribution in [-0.2, 0) is 0 Å². The number of nitrogens with one attached hydrogen (secondary N) is 4. The third-order valence-corrected chi connectivity index (χ3v) is 9.23. The van der Waals surface area contributed by atoms with Crippen molar-refractivity contribution in [2.45, 2.75) is 0 Å². The van der Waals surface area contributed by atoms with Crippen LogP contribution < -0.4 is 21.4 Å². The molecule has 0 saturated carbocycles. The summed E-state index contributed by atoms with van der Waals surface area (Å²) in [6.07, 6.45) is 10.8. The Labute approximate surface area is 290 Å². The SMILES string of the molecule is O=C(O)c1ccc(C2=c3ccc([nH]3)=C(c3ccncc3)c3ccc([nH]3)C(c3ccncc3)=c3ccc([nH]3)=C(c3ccncc3)c3ccc2[nH]3)cc1. The quantitative estimate of drug-likeness (QED) is 0.188. The fraction of sp³-hybridized carbons (Fsp3) is 0.